The molecule has 4 atom stereocenters. The lowest BCUT2D eigenvalue weighted by atomic mass is 9.64. The number of nitrogens with zero attached hydrogens (tertiary/aromatic N) is 1. The van der Waals surface area contributed by atoms with E-state index in [2.05, 4.69) is 26.0 Å². The maximum atomic E-state index is 12.7. The first-order chi connectivity index (χ1) is 11.6. The molecule has 2 bridgehead atoms. The Morgan fingerprint density at radius 2 is 1.96 bits per heavy atom. The van der Waals surface area contributed by atoms with Gasteiger partial charge in [0.1, 0.15) is 18.0 Å². The molecule has 1 aliphatic carbocycles. The Bertz CT molecular complexity index is 834. The third-order valence-electron chi connectivity index (χ3n) is 5.74. The van der Waals surface area contributed by atoms with E-state index in [1.54, 1.807) is 5.06 Å². The molecule has 0 radical (unpaired) electrons. The van der Waals surface area contributed by atoms with Crippen LogP contribution in [0.2, 0.25) is 0 Å². The first-order valence-electron chi connectivity index (χ1n) is 8.40. The average Bonchev–Trinajstić information content (AvgIpc) is 2.90. The summed E-state index contributed by atoms with van der Waals surface area (Å²) in [5.41, 5.74) is 2.98. The first-order valence-corrected chi connectivity index (χ1v) is 8.40. The quantitative estimate of drug-likeness (QED) is 0.809. The summed E-state index contributed by atoms with van der Waals surface area (Å²) in [4.78, 5) is 19.0. The zero-order chi connectivity index (χ0) is 16.5. The number of aryl methyl sites for hydroxylation is 1. The van der Waals surface area contributed by atoms with Gasteiger partial charge < -0.3 is 4.74 Å². The monoisotopic (exact) mass is 321 g/mol. The molecule has 3 heterocycles. The van der Waals surface area contributed by atoms with Crippen LogP contribution < -0.4 is 9.80 Å². The smallest absolute Gasteiger partial charge is 0.164 e. The van der Waals surface area contributed by atoms with Gasteiger partial charge in [-0.1, -0.05) is 35.9 Å². The van der Waals surface area contributed by atoms with E-state index in [-0.39, 0.29) is 23.4 Å². The highest BCUT2D eigenvalue weighted by Gasteiger charge is 2.65. The molecule has 4 aliphatic rings. The van der Waals surface area contributed by atoms with Crippen molar-refractivity contribution >= 4 is 11.5 Å². The standard InChI is InChI=1S/C20H19NO3/c1-12-8-9-16-14(10-12)20(2)17-11-15(22)18(19(20)23-16)21(24-17)13-6-4-3-5-7-13/h3-10,17-19H,11H2,1-2H3/t17-,18+,19-,20+/m0/s1. The molecule has 2 aromatic carbocycles. The van der Waals surface area contributed by atoms with Crippen LogP contribution >= 0.6 is 0 Å². The van der Waals surface area contributed by atoms with Gasteiger partial charge in [0.25, 0.3) is 0 Å². The van der Waals surface area contributed by atoms with Gasteiger partial charge >= 0.3 is 0 Å². The molecule has 3 aliphatic heterocycles. The number of Topliss-reactive ketones (excluding diaryl/α,β-unsaturated/α-hetero) is 1. The van der Waals surface area contributed by atoms with Crippen molar-refractivity contribution in [3.05, 3.63) is 59.7 Å². The largest absolute Gasteiger partial charge is 0.486 e. The van der Waals surface area contributed by atoms with Crippen LogP contribution in [-0.4, -0.2) is 24.0 Å². The van der Waals surface area contributed by atoms with Crippen LogP contribution in [0.5, 0.6) is 5.75 Å². The fourth-order valence-corrected chi connectivity index (χ4v) is 4.41. The van der Waals surface area contributed by atoms with Gasteiger partial charge in [0.05, 0.1) is 11.1 Å². The van der Waals surface area contributed by atoms with Crippen molar-refractivity contribution in [2.75, 3.05) is 5.06 Å². The molecule has 0 aromatic heterocycles. The summed E-state index contributed by atoms with van der Waals surface area (Å²) in [5.74, 6) is 1.08. The summed E-state index contributed by atoms with van der Waals surface area (Å²) in [6, 6.07) is 15.7. The van der Waals surface area contributed by atoms with Gasteiger partial charge in [-0.05, 0) is 32.0 Å². The maximum Gasteiger partial charge on any atom is 0.164 e. The Labute approximate surface area is 140 Å². The molecule has 4 heteroatoms. The van der Waals surface area contributed by atoms with Crippen molar-refractivity contribution in [2.45, 2.75) is 43.9 Å². The molecular formula is C20H19NO3. The number of ketones is 1. The zero-order valence-corrected chi connectivity index (χ0v) is 13.7. The van der Waals surface area contributed by atoms with E-state index >= 15 is 0 Å². The van der Waals surface area contributed by atoms with E-state index in [1.165, 1.54) is 11.1 Å². The number of carbonyl (C=O) groups excluding carboxylic acids is 1. The number of hydrogen-bond donors (Lipinski definition) is 0. The van der Waals surface area contributed by atoms with Crippen molar-refractivity contribution in [3.63, 3.8) is 0 Å². The van der Waals surface area contributed by atoms with Crippen LogP contribution in [0, 0.1) is 6.92 Å². The van der Waals surface area contributed by atoms with Crippen molar-refractivity contribution in [2.24, 2.45) is 0 Å². The third kappa shape index (κ3) is 1.64. The molecule has 4 nitrogen and oxygen atoms in total. The lowest BCUT2D eigenvalue weighted by Crippen LogP contribution is -2.71. The number of anilines is 1. The zero-order valence-electron chi connectivity index (χ0n) is 13.7. The lowest BCUT2D eigenvalue weighted by Gasteiger charge is -2.54. The average molecular weight is 321 g/mol. The molecule has 0 amide bonds. The summed E-state index contributed by atoms with van der Waals surface area (Å²) in [7, 11) is 0. The van der Waals surface area contributed by atoms with Crippen LogP contribution in [0.4, 0.5) is 5.69 Å². The molecule has 6 rings (SSSR count). The van der Waals surface area contributed by atoms with E-state index in [4.69, 9.17) is 9.57 Å². The summed E-state index contributed by atoms with van der Waals surface area (Å²) in [6.45, 7) is 4.26. The molecular weight excluding hydrogens is 302 g/mol. The van der Waals surface area contributed by atoms with Crippen molar-refractivity contribution in [3.8, 4) is 5.75 Å². The highest BCUT2D eigenvalue weighted by atomic mass is 16.7. The van der Waals surface area contributed by atoms with Crippen molar-refractivity contribution in [1.82, 2.24) is 0 Å². The minimum absolute atomic E-state index is 0.196. The molecule has 0 N–H and O–H groups in total. The molecule has 0 unspecified atom stereocenters. The Hall–Kier alpha value is -2.33. The fraction of sp³-hybridized carbons (Fsp3) is 0.350. The highest BCUT2D eigenvalue weighted by molar-refractivity contribution is 5.91. The number of ether oxygens (including phenoxy) is 1. The molecule has 122 valence electrons. The van der Waals surface area contributed by atoms with Gasteiger partial charge in [0.2, 0.25) is 0 Å². The Morgan fingerprint density at radius 1 is 1.17 bits per heavy atom. The van der Waals surface area contributed by atoms with Crippen LogP contribution in [0.15, 0.2) is 48.5 Å². The first kappa shape index (κ1) is 14.1. The number of para-hydroxylation sites is 1. The van der Waals surface area contributed by atoms with Crippen LogP contribution in [0.3, 0.4) is 0 Å². The summed E-state index contributed by atoms with van der Waals surface area (Å²) < 4.78 is 6.28. The van der Waals surface area contributed by atoms with Crippen LogP contribution in [0.1, 0.15) is 24.5 Å². The number of benzene rings is 2. The molecule has 2 aromatic rings. The minimum Gasteiger partial charge on any atom is -0.486 e. The lowest BCUT2D eigenvalue weighted by molar-refractivity contribution is -0.167. The second-order valence-corrected chi connectivity index (χ2v) is 7.19. The number of carbonyl (C=O) groups is 1. The van der Waals surface area contributed by atoms with Gasteiger partial charge in [-0.15, -0.1) is 0 Å². The number of rotatable bonds is 1. The summed E-state index contributed by atoms with van der Waals surface area (Å²) in [5, 5.41) is 1.77. The Balaban J connectivity index is 1.63. The number of hydroxylamine groups is 1. The van der Waals surface area contributed by atoms with Crippen LogP contribution in [-0.2, 0) is 15.0 Å². The molecule has 1 saturated carbocycles. The van der Waals surface area contributed by atoms with Gasteiger partial charge in [-0.3, -0.25) is 9.63 Å². The third-order valence-corrected chi connectivity index (χ3v) is 5.74. The SMILES string of the molecule is Cc1ccc2c(c1)[C@]1(C)[C@@H]3CC(=O)[C@H]([C@@H]1O2)N(c1ccccc1)O3. The second-order valence-electron chi connectivity index (χ2n) is 7.19. The van der Waals surface area contributed by atoms with E-state index in [0.717, 1.165) is 11.4 Å². The predicted octanol–water partition coefficient (Wildman–Crippen LogP) is 3.18. The molecule has 0 spiro atoms. The van der Waals surface area contributed by atoms with E-state index in [9.17, 15) is 4.79 Å². The van der Waals surface area contributed by atoms with Gasteiger partial charge in [-0.2, -0.15) is 0 Å². The number of hydrogen-bond acceptors (Lipinski definition) is 4. The maximum absolute atomic E-state index is 12.7. The topological polar surface area (TPSA) is 38.8 Å². The van der Waals surface area contributed by atoms with Crippen LogP contribution in [0.25, 0.3) is 0 Å². The predicted molar refractivity (Wildman–Crippen MR) is 90.2 cm³/mol. The van der Waals surface area contributed by atoms with E-state index in [1.807, 2.05) is 36.4 Å². The number of fused-ring (bicyclic) bond motifs is 3. The Morgan fingerprint density at radius 3 is 2.75 bits per heavy atom. The van der Waals surface area contributed by atoms with Gasteiger partial charge in [0, 0.05) is 12.0 Å². The van der Waals surface area contributed by atoms with E-state index < -0.39 is 6.04 Å². The molecule has 24 heavy (non-hydrogen) atoms. The normalized spacial score (nSPS) is 33.2. The van der Waals surface area contributed by atoms with Crippen molar-refractivity contribution in [1.29, 1.82) is 0 Å². The second kappa shape index (κ2) is 4.61. The summed E-state index contributed by atoms with van der Waals surface area (Å²) in [6.07, 6.45) is 0.0235. The van der Waals surface area contributed by atoms with Gasteiger partial charge in [-0.25, -0.2) is 5.06 Å². The molecule has 3 fully saturated rings. The minimum atomic E-state index is -0.407. The fourth-order valence-electron chi connectivity index (χ4n) is 4.41. The molecule has 2 saturated heterocycles. The van der Waals surface area contributed by atoms with E-state index in [0.29, 0.717) is 6.42 Å². The summed E-state index contributed by atoms with van der Waals surface area (Å²) >= 11 is 0. The van der Waals surface area contributed by atoms with Crippen molar-refractivity contribution < 1.29 is 14.4 Å². The van der Waals surface area contributed by atoms with Gasteiger partial charge in [0.15, 0.2) is 11.8 Å². The Kier molecular flexibility index (Phi) is 2.70. The highest BCUT2D eigenvalue weighted by Crippen LogP contribution is 2.55.